The number of carbonyl (C=O) groups excluding carboxylic acids is 1. The first-order chi connectivity index (χ1) is 7.50. The molecule has 1 amide bonds. The minimum Gasteiger partial charge on any atom is -0.391 e. The minimum absolute atomic E-state index is 0.127. The van der Waals surface area contributed by atoms with Crippen LogP contribution in [0.2, 0.25) is 0 Å². The van der Waals surface area contributed by atoms with Crippen LogP contribution in [-0.4, -0.2) is 23.7 Å². The van der Waals surface area contributed by atoms with E-state index < -0.39 is 0 Å². The quantitative estimate of drug-likeness (QED) is 0.765. The largest absolute Gasteiger partial charge is 0.391 e. The molecule has 2 fully saturated rings. The van der Waals surface area contributed by atoms with Crippen LogP contribution in [0.4, 0.5) is 0 Å². The maximum Gasteiger partial charge on any atom is 0.223 e. The monoisotopic (exact) mass is 225 g/mol. The number of aliphatic hydroxyl groups excluding tert-OH is 1. The summed E-state index contributed by atoms with van der Waals surface area (Å²) in [6.07, 6.45) is 5.33. The first kappa shape index (κ1) is 11.9. The molecule has 2 atom stereocenters. The van der Waals surface area contributed by atoms with Crippen LogP contribution < -0.4 is 5.32 Å². The summed E-state index contributed by atoms with van der Waals surface area (Å²) in [5.41, 5.74) is 0.183. The Morgan fingerprint density at radius 1 is 1.44 bits per heavy atom. The Morgan fingerprint density at radius 3 is 2.50 bits per heavy atom. The molecule has 0 aliphatic heterocycles. The number of hydrogen-bond donors (Lipinski definition) is 2. The van der Waals surface area contributed by atoms with Gasteiger partial charge in [-0.3, -0.25) is 4.79 Å². The average molecular weight is 225 g/mol. The smallest absolute Gasteiger partial charge is 0.223 e. The molecule has 2 aliphatic rings. The molecular weight excluding hydrogens is 202 g/mol. The average Bonchev–Trinajstić information content (AvgIpc) is 2.72. The van der Waals surface area contributed by atoms with Gasteiger partial charge in [0.15, 0.2) is 0 Å². The molecule has 0 bridgehead atoms. The van der Waals surface area contributed by atoms with E-state index in [1.54, 1.807) is 0 Å². The van der Waals surface area contributed by atoms with Crippen LogP contribution in [0.5, 0.6) is 0 Å². The second-order valence-electron chi connectivity index (χ2n) is 6.10. The van der Waals surface area contributed by atoms with Gasteiger partial charge in [0.05, 0.1) is 6.10 Å². The van der Waals surface area contributed by atoms with Crippen molar-refractivity contribution in [1.29, 1.82) is 0 Å². The zero-order valence-corrected chi connectivity index (χ0v) is 10.3. The number of nitrogens with one attached hydrogen (secondary N) is 1. The van der Waals surface area contributed by atoms with E-state index in [9.17, 15) is 9.90 Å². The summed E-state index contributed by atoms with van der Waals surface area (Å²) in [6, 6.07) is 0. The normalized spacial score (nSPS) is 30.1. The minimum atomic E-state index is -0.340. The van der Waals surface area contributed by atoms with Crippen molar-refractivity contribution in [2.75, 3.05) is 6.54 Å². The van der Waals surface area contributed by atoms with E-state index in [-0.39, 0.29) is 23.3 Å². The van der Waals surface area contributed by atoms with Gasteiger partial charge in [-0.1, -0.05) is 26.7 Å². The summed E-state index contributed by atoms with van der Waals surface area (Å²) < 4.78 is 0. The molecule has 3 nitrogen and oxygen atoms in total. The van der Waals surface area contributed by atoms with E-state index in [2.05, 4.69) is 19.2 Å². The lowest BCUT2D eigenvalue weighted by atomic mass is 10.0. The predicted octanol–water partition coefficient (Wildman–Crippen LogP) is 1.70. The van der Waals surface area contributed by atoms with Crippen LogP contribution >= 0.6 is 0 Å². The number of hydrogen-bond acceptors (Lipinski definition) is 2. The Labute approximate surface area is 97.6 Å². The van der Waals surface area contributed by atoms with Crippen LogP contribution in [0, 0.1) is 17.3 Å². The van der Waals surface area contributed by atoms with Gasteiger partial charge >= 0.3 is 0 Å². The van der Waals surface area contributed by atoms with Crippen LogP contribution in [0.1, 0.15) is 46.0 Å². The highest BCUT2D eigenvalue weighted by Crippen LogP contribution is 2.51. The fourth-order valence-electron chi connectivity index (χ4n) is 2.75. The van der Waals surface area contributed by atoms with E-state index in [0.29, 0.717) is 12.5 Å². The molecule has 0 spiro atoms. The Morgan fingerprint density at radius 2 is 2.00 bits per heavy atom. The second kappa shape index (κ2) is 4.36. The Hall–Kier alpha value is -0.570. The molecule has 0 aromatic carbocycles. The standard InChI is InChI=1S/C13H23NO2/c1-13(2)7-10(13)12(16)14-8-11(15)9-5-3-4-6-9/h9-11,15H,3-8H2,1-2H3,(H,14,16). The highest BCUT2D eigenvalue weighted by Gasteiger charge is 2.50. The maximum atomic E-state index is 11.7. The lowest BCUT2D eigenvalue weighted by Crippen LogP contribution is -2.36. The van der Waals surface area contributed by atoms with Gasteiger partial charge in [0, 0.05) is 12.5 Å². The fourth-order valence-corrected chi connectivity index (χ4v) is 2.75. The van der Waals surface area contributed by atoms with E-state index in [1.165, 1.54) is 12.8 Å². The van der Waals surface area contributed by atoms with Crippen molar-refractivity contribution in [3.8, 4) is 0 Å². The van der Waals surface area contributed by atoms with Gasteiger partial charge in [-0.25, -0.2) is 0 Å². The molecule has 2 rings (SSSR count). The van der Waals surface area contributed by atoms with Crippen molar-refractivity contribution >= 4 is 5.91 Å². The van der Waals surface area contributed by atoms with Crippen molar-refractivity contribution in [2.24, 2.45) is 17.3 Å². The summed E-state index contributed by atoms with van der Waals surface area (Å²) in [4.78, 5) is 11.7. The van der Waals surface area contributed by atoms with Crippen molar-refractivity contribution in [2.45, 2.75) is 52.1 Å². The van der Waals surface area contributed by atoms with Gasteiger partial charge in [0.25, 0.3) is 0 Å². The molecule has 0 aromatic heterocycles. The zero-order chi connectivity index (χ0) is 11.8. The fraction of sp³-hybridized carbons (Fsp3) is 0.923. The number of aliphatic hydroxyl groups is 1. The van der Waals surface area contributed by atoms with Gasteiger partial charge in [-0.2, -0.15) is 0 Å². The molecule has 0 radical (unpaired) electrons. The maximum absolute atomic E-state index is 11.7. The Kier molecular flexibility index (Phi) is 3.24. The summed E-state index contributed by atoms with van der Waals surface area (Å²) in [7, 11) is 0. The van der Waals surface area contributed by atoms with Crippen molar-refractivity contribution in [3.63, 3.8) is 0 Å². The molecule has 2 saturated carbocycles. The van der Waals surface area contributed by atoms with Crippen LogP contribution in [-0.2, 0) is 4.79 Å². The second-order valence-corrected chi connectivity index (χ2v) is 6.10. The van der Waals surface area contributed by atoms with E-state index in [0.717, 1.165) is 19.3 Å². The molecule has 2 aliphatic carbocycles. The summed E-state index contributed by atoms with van der Waals surface area (Å²) in [5.74, 6) is 0.706. The van der Waals surface area contributed by atoms with Gasteiger partial charge < -0.3 is 10.4 Å². The van der Waals surface area contributed by atoms with Crippen molar-refractivity contribution < 1.29 is 9.90 Å². The third-order valence-corrected chi connectivity index (χ3v) is 4.26. The first-order valence-electron chi connectivity index (χ1n) is 6.46. The molecule has 3 heteroatoms. The predicted molar refractivity (Wildman–Crippen MR) is 62.9 cm³/mol. The number of rotatable bonds is 4. The molecule has 2 unspecified atom stereocenters. The van der Waals surface area contributed by atoms with Crippen LogP contribution in [0.3, 0.4) is 0 Å². The lowest BCUT2D eigenvalue weighted by molar-refractivity contribution is -0.123. The highest BCUT2D eigenvalue weighted by molar-refractivity contribution is 5.82. The summed E-state index contributed by atoms with van der Waals surface area (Å²) >= 11 is 0. The number of carbonyl (C=O) groups is 1. The Bertz CT molecular complexity index is 269. The molecule has 0 aromatic rings. The van der Waals surface area contributed by atoms with Gasteiger partial charge in [0.2, 0.25) is 5.91 Å². The third-order valence-electron chi connectivity index (χ3n) is 4.26. The van der Waals surface area contributed by atoms with E-state index in [1.807, 2.05) is 0 Å². The van der Waals surface area contributed by atoms with Crippen LogP contribution in [0.25, 0.3) is 0 Å². The molecule has 16 heavy (non-hydrogen) atoms. The number of amides is 1. The topological polar surface area (TPSA) is 49.3 Å². The van der Waals surface area contributed by atoms with Gasteiger partial charge in [-0.05, 0) is 30.6 Å². The summed E-state index contributed by atoms with van der Waals surface area (Å²) in [6.45, 7) is 4.67. The molecule has 2 N–H and O–H groups in total. The van der Waals surface area contributed by atoms with Gasteiger partial charge in [0.1, 0.15) is 0 Å². The Balaban J connectivity index is 1.69. The van der Waals surface area contributed by atoms with Crippen LogP contribution in [0.15, 0.2) is 0 Å². The zero-order valence-electron chi connectivity index (χ0n) is 10.3. The molecule has 0 heterocycles. The van der Waals surface area contributed by atoms with Crippen molar-refractivity contribution in [3.05, 3.63) is 0 Å². The van der Waals surface area contributed by atoms with Gasteiger partial charge in [-0.15, -0.1) is 0 Å². The third kappa shape index (κ3) is 2.57. The first-order valence-corrected chi connectivity index (χ1v) is 6.46. The molecule has 92 valence electrons. The SMILES string of the molecule is CC1(C)CC1C(=O)NCC(O)C1CCCC1. The molecule has 0 saturated heterocycles. The van der Waals surface area contributed by atoms with Crippen molar-refractivity contribution in [1.82, 2.24) is 5.32 Å². The summed E-state index contributed by atoms with van der Waals surface area (Å²) in [5, 5.41) is 12.8. The van der Waals surface area contributed by atoms with E-state index in [4.69, 9.17) is 0 Å². The van der Waals surface area contributed by atoms with E-state index >= 15 is 0 Å². The molecular formula is C13H23NO2. The highest BCUT2D eigenvalue weighted by atomic mass is 16.3. The lowest BCUT2D eigenvalue weighted by Gasteiger charge is -2.18.